The van der Waals surface area contributed by atoms with Gasteiger partial charge < -0.3 is 5.32 Å². The van der Waals surface area contributed by atoms with Crippen LogP contribution in [0.15, 0.2) is 24.4 Å². The molecule has 0 aliphatic heterocycles. The Labute approximate surface area is 89.9 Å². The molecule has 1 N–H and O–H groups in total. The summed E-state index contributed by atoms with van der Waals surface area (Å²) in [6.07, 6.45) is 3.81. The highest BCUT2D eigenvalue weighted by atomic mass is 16.2. The van der Waals surface area contributed by atoms with Gasteiger partial charge in [-0.2, -0.15) is 0 Å². The van der Waals surface area contributed by atoms with Gasteiger partial charge in [-0.25, -0.2) is 0 Å². The molecule has 0 bridgehead atoms. The van der Waals surface area contributed by atoms with Crippen LogP contribution in [-0.4, -0.2) is 10.9 Å². The number of aromatic nitrogens is 1. The molecule has 3 heteroatoms. The van der Waals surface area contributed by atoms with Crippen molar-refractivity contribution >= 4 is 5.91 Å². The number of pyridine rings is 1. The van der Waals surface area contributed by atoms with Crippen LogP contribution >= 0.6 is 0 Å². The first kappa shape index (κ1) is 10.1. The molecule has 3 nitrogen and oxygen atoms in total. The summed E-state index contributed by atoms with van der Waals surface area (Å²) in [7, 11) is 0. The van der Waals surface area contributed by atoms with Crippen LogP contribution in [0.3, 0.4) is 0 Å². The highest BCUT2D eigenvalue weighted by molar-refractivity contribution is 5.81. The van der Waals surface area contributed by atoms with Crippen LogP contribution in [0.25, 0.3) is 0 Å². The zero-order valence-electron chi connectivity index (χ0n) is 9.16. The van der Waals surface area contributed by atoms with Crippen molar-refractivity contribution in [1.29, 1.82) is 0 Å². The summed E-state index contributed by atoms with van der Waals surface area (Å²) in [5.74, 6) is 0.402. The molecule has 0 aromatic carbocycles. The lowest BCUT2D eigenvalue weighted by atomic mass is 9.99. The highest BCUT2D eigenvalue weighted by Gasteiger charge is 2.34. The van der Waals surface area contributed by atoms with E-state index in [1.165, 1.54) is 0 Å². The minimum absolute atomic E-state index is 0.158. The Morgan fingerprint density at radius 1 is 1.47 bits per heavy atom. The van der Waals surface area contributed by atoms with Gasteiger partial charge in [-0.1, -0.05) is 6.07 Å². The minimum Gasteiger partial charge on any atom is -0.345 e. The minimum atomic E-state index is -0.374. The Hall–Kier alpha value is -1.38. The van der Waals surface area contributed by atoms with Crippen molar-refractivity contribution in [3.63, 3.8) is 0 Å². The summed E-state index contributed by atoms with van der Waals surface area (Å²) >= 11 is 0. The maximum atomic E-state index is 11.7. The van der Waals surface area contributed by atoms with Crippen molar-refractivity contribution in [2.24, 2.45) is 5.92 Å². The number of hydrogen-bond acceptors (Lipinski definition) is 2. The van der Waals surface area contributed by atoms with Crippen LogP contribution in [0.4, 0.5) is 0 Å². The van der Waals surface area contributed by atoms with E-state index < -0.39 is 0 Å². The van der Waals surface area contributed by atoms with Crippen LogP contribution in [0.1, 0.15) is 32.4 Å². The molecule has 15 heavy (non-hydrogen) atoms. The number of nitrogens with one attached hydrogen (secondary N) is 1. The second-order valence-electron chi connectivity index (χ2n) is 4.60. The molecule has 1 aliphatic carbocycles. The van der Waals surface area contributed by atoms with Gasteiger partial charge in [0, 0.05) is 12.1 Å². The van der Waals surface area contributed by atoms with Crippen molar-refractivity contribution in [3.05, 3.63) is 30.1 Å². The molecule has 1 saturated carbocycles. The van der Waals surface area contributed by atoms with Gasteiger partial charge in [0.2, 0.25) is 5.91 Å². The first-order valence-electron chi connectivity index (χ1n) is 5.33. The third kappa shape index (κ3) is 2.35. The van der Waals surface area contributed by atoms with Crippen LogP contribution in [0.2, 0.25) is 0 Å². The van der Waals surface area contributed by atoms with Gasteiger partial charge in [0.1, 0.15) is 0 Å². The summed E-state index contributed by atoms with van der Waals surface area (Å²) in [6.45, 7) is 3.96. The number of nitrogens with zero attached hydrogens (tertiary/aromatic N) is 1. The van der Waals surface area contributed by atoms with E-state index in [-0.39, 0.29) is 17.4 Å². The van der Waals surface area contributed by atoms with Crippen LogP contribution < -0.4 is 5.32 Å². The van der Waals surface area contributed by atoms with Crippen molar-refractivity contribution < 1.29 is 4.79 Å². The van der Waals surface area contributed by atoms with Crippen molar-refractivity contribution in [2.75, 3.05) is 0 Å². The smallest absolute Gasteiger partial charge is 0.223 e. The number of rotatable bonds is 3. The molecular weight excluding hydrogens is 188 g/mol. The molecule has 1 heterocycles. The highest BCUT2D eigenvalue weighted by Crippen LogP contribution is 2.30. The van der Waals surface area contributed by atoms with Crippen molar-refractivity contribution in [2.45, 2.75) is 32.2 Å². The molecule has 1 aromatic heterocycles. The number of carbonyl (C=O) groups is 1. The number of carbonyl (C=O) groups excluding carboxylic acids is 1. The molecule has 1 aliphatic rings. The zero-order valence-corrected chi connectivity index (χ0v) is 9.16. The Morgan fingerprint density at radius 3 is 2.73 bits per heavy atom. The summed E-state index contributed by atoms with van der Waals surface area (Å²) in [4.78, 5) is 15.9. The molecule has 80 valence electrons. The second kappa shape index (κ2) is 3.65. The molecule has 2 rings (SSSR count). The van der Waals surface area contributed by atoms with Crippen molar-refractivity contribution in [1.82, 2.24) is 10.3 Å². The standard InChI is InChI=1S/C12H16N2O/c1-12(2,10-5-3-4-8-13-10)14-11(15)9-6-7-9/h3-5,8-9H,6-7H2,1-2H3,(H,14,15). The SMILES string of the molecule is CC(C)(NC(=O)C1CC1)c1ccccn1. The van der Waals surface area contributed by atoms with Gasteiger partial charge in [-0.15, -0.1) is 0 Å². The first-order valence-corrected chi connectivity index (χ1v) is 5.33. The average molecular weight is 204 g/mol. The van der Waals surface area contributed by atoms with Crippen LogP contribution in [0, 0.1) is 5.92 Å². The van der Waals surface area contributed by atoms with Gasteiger partial charge in [-0.3, -0.25) is 9.78 Å². The molecule has 0 radical (unpaired) electrons. The van der Waals surface area contributed by atoms with Gasteiger partial charge in [0.15, 0.2) is 0 Å². The van der Waals surface area contributed by atoms with E-state index in [9.17, 15) is 4.79 Å². The third-order valence-corrected chi connectivity index (χ3v) is 2.69. The molecule has 1 amide bonds. The predicted molar refractivity (Wildman–Crippen MR) is 58.1 cm³/mol. The Bertz CT molecular complexity index is 355. The Kier molecular flexibility index (Phi) is 2.47. The summed E-state index contributed by atoms with van der Waals surface area (Å²) < 4.78 is 0. The van der Waals surface area contributed by atoms with Gasteiger partial charge in [0.25, 0.3) is 0 Å². The summed E-state index contributed by atoms with van der Waals surface area (Å²) in [6, 6.07) is 5.75. The average Bonchev–Trinajstić information content (AvgIpc) is 3.01. The van der Waals surface area contributed by atoms with Crippen molar-refractivity contribution in [3.8, 4) is 0 Å². The maximum absolute atomic E-state index is 11.7. The van der Waals surface area contributed by atoms with Crippen LogP contribution in [0.5, 0.6) is 0 Å². The number of hydrogen-bond donors (Lipinski definition) is 1. The lowest BCUT2D eigenvalue weighted by Crippen LogP contribution is -2.42. The lowest BCUT2D eigenvalue weighted by Gasteiger charge is -2.25. The largest absolute Gasteiger partial charge is 0.345 e. The monoisotopic (exact) mass is 204 g/mol. The normalized spacial score (nSPS) is 16.1. The lowest BCUT2D eigenvalue weighted by molar-refractivity contribution is -0.124. The molecule has 0 atom stereocenters. The summed E-state index contributed by atoms with van der Waals surface area (Å²) in [5, 5.41) is 3.03. The predicted octanol–water partition coefficient (Wildman–Crippen LogP) is 1.84. The van der Waals surface area contributed by atoms with Gasteiger partial charge in [-0.05, 0) is 38.8 Å². The fourth-order valence-electron chi connectivity index (χ4n) is 1.55. The van der Waals surface area contributed by atoms with Gasteiger partial charge >= 0.3 is 0 Å². The van der Waals surface area contributed by atoms with E-state index in [0.717, 1.165) is 18.5 Å². The Morgan fingerprint density at radius 2 is 2.20 bits per heavy atom. The topological polar surface area (TPSA) is 42.0 Å². The molecule has 1 fully saturated rings. The maximum Gasteiger partial charge on any atom is 0.223 e. The zero-order chi connectivity index (χ0) is 10.9. The number of amides is 1. The molecule has 1 aromatic rings. The van der Waals surface area contributed by atoms with E-state index in [1.54, 1.807) is 6.20 Å². The summed E-state index contributed by atoms with van der Waals surface area (Å²) in [5.41, 5.74) is 0.528. The molecule has 0 saturated heterocycles. The third-order valence-electron chi connectivity index (χ3n) is 2.69. The fourth-order valence-corrected chi connectivity index (χ4v) is 1.55. The van der Waals surface area contributed by atoms with E-state index in [2.05, 4.69) is 10.3 Å². The molecule has 0 spiro atoms. The van der Waals surface area contributed by atoms with E-state index in [4.69, 9.17) is 0 Å². The van der Waals surface area contributed by atoms with E-state index >= 15 is 0 Å². The molecule has 0 unspecified atom stereocenters. The van der Waals surface area contributed by atoms with E-state index in [1.807, 2.05) is 32.0 Å². The Balaban J connectivity index is 2.08. The van der Waals surface area contributed by atoms with Gasteiger partial charge in [0.05, 0.1) is 11.2 Å². The second-order valence-corrected chi connectivity index (χ2v) is 4.60. The van der Waals surface area contributed by atoms with E-state index in [0.29, 0.717) is 0 Å². The first-order chi connectivity index (χ1) is 7.09. The quantitative estimate of drug-likeness (QED) is 0.816. The molecular formula is C12H16N2O. The van der Waals surface area contributed by atoms with Crippen LogP contribution in [-0.2, 0) is 10.3 Å². The fraction of sp³-hybridized carbons (Fsp3) is 0.500.